The number of carbonyl (C=O) groups excluding carboxylic acids is 1. The molecule has 7 heteroatoms. The Morgan fingerprint density at radius 2 is 1.64 bits per heavy atom. The molecule has 1 amide bonds. The number of piperidine rings is 1. The van der Waals surface area contributed by atoms with Gasteiger partial charge in [-0.1, -0.05) is 19.3 Å². The molecule has 0 aromatic rings. The molecule has 0 aromatic heterocycles. The Balaban J connectivity index is 1.58. The fraction of sp³-hybridized carbons (Fsp3) is 0.944. The number of sulfone groups is 1. The molecule has 0 unspecified atom stereocenters. The number of hydrogen-bond acceptors (Lipinski definition) is 5. The van der Waals surface area contributed by atoms with Gasteiger partial charge in [-0.05, 0) is 44.7 Å². The Morgan fingerprint density at radius 3 is 2.20 bits per heavy atom. The number of nitrogens with zero attached hydrogens (tertiary/aromatic N) is 2. The topological polar surface area (TPSA) is 69.7 Å². The third kappa shape index (κ3) is 4.19. The molecule has 2 heterocycles. The first kappa shape index (κ1) is 19.1. The molecule has 3 rings (SSSR count). The van der Waals surface area contributed by atoms with E-state index < -0.39 is 14.6 Å². The molecular weight excluding hydrogens is 338 g/mol. The van der Waals surface area contributed by atoms with Gasteiger partial charge in [0.25, 0.3) is 0 Å². The van der Waals surface area contributed by atoms with Gasteiger partial charge < -0.3 is 10.2 Å². The maximum atomic E-state index is 13.1. The number of piperazine rings is 1. The zero-order valence-corrected chi connectivity index (χ0v) is 16.3. The molecule has 3 fully saturated rings. The minimum absolute atomic E-state index is 0.159. The van der Waals surface area contributed by atoms with Crippen LogP contribution in [-0.2, 0) is 14.6 Å². The van der Waals surface area contributed by atoms with Crippen LogP contribution in [0.1, 0.15) is 44.9 Å². The first-order chi connectivity index (χ1) is 11.9. The van der Waals surface area contributed by atoms with E-state index in [0.717, 1.165) is 25.6 Å². The molecule has 0 bridgehead atoms. The summed E-state index contributed by atoms with van der Waals surface area (Å²) in [5.74, 6) is 0.650. The molecule has 3 aliphatic rings. The van der Waals surface area contributed by atoms with E-state index in [0.29, 0.717) is 39.0 Å². The molecule has 2 aliphatic heterocycles. The van der Waals surface area contributed by atoms with E-state index in [2.05, 4.69) is 10.2 Å². The zero-order valence-electron chi connectivity index (χ0n) is 15.5. The summed E-state index contributed by atoms with van der Waals surface area (Å²) >= 11 is 0. The Bertz CT molecular complexity index is 558. The average Bonchev–Trinajstić information content (AvgIpc) is 2.62. The molecule has 0 radical (unpaired) electrons. The minimum Gasteiger partial charge on any atom is -0.339 e. The lowest BCUT2D eigenvalue weighted by atomic mass is 9.89. The van der Waals surface area contributed by atoms with Crippen molar-refractivity contribution >= 4 is 15.7 Å². The molecule has 6 nitrogen and oxygen atoms in total. The molecule has 1 aliphatic carbocycles. The standard InChI is InChI=1S/C18H33N3O3S/c1-25(23,24)18(7-9-19-10-8-18)17(22)21-13-11-20(12-14-21)15-16-5-3-2-4-6-16/h16,19H,2-15H2,1H3. The van der Waals surface area contributed by atoms with Gasteiger partial charge in [-0.3, -0.25) is 9.69 Å². The first-order valence-corrected chi connectivity index (χ1v) is 11.7. The van der Waals surface area contributed by atoms with Crippen molar-refractivity contribution in [1.82, 2.24) is 15.1 Å². The van der Waals surface area contributed by atoms with Crippen LogP contribution in [0.25, 0.3) is 0 Å². The van der Waals surface area contributed by atoms with E-state index in [9.17, 15) is 13.2 Å². The molecule has 1 saturated carbocycles. The fourth-order valence-electron chi connectivity index (χ4n) is 4.73. The van der Waals surface area contributed by atoms with Crippen LogP contribution in [0, 0.1) is 5.92 Å². The van der Waals surface area contributed by atoms with Gasteiger partial charge >= 0.3 is 0 Å². The lowest BCUT2D eigenvalue weighted by molar-refractivity contribution is -0.136. The van der Waals surface area contributed by atoms with Crippen LogP contribution in [0.5, 0.6) is 0 Å². The second-order valence-electron chi connectivity index (χ2n) is 8.11. The van der Waals surface area contributed by atoms with E-state index in [-0.39, 0.29) is 5.91 Å². The summed E-state index contributed by atoms with van der Waals surface area (Å²) in [5, 5.41) is 3.18. The quantitative estimate of drug-likeness (QED) is 0.794. The van der Waals surface area contributed by atoms with Gasteiger partial charge in [0.15, 0.2) is 14.6 Å². The van der Waals surface area contributed by atoms with Crippen LogP contribution >= 0.6 is 0 Å². The van der Waals surface area contributed by atoms with Crippen molar-refractivity contribution in [3.63, 3.8) is 0 Å². The van der Waals surface area contributed by atoms with Gasteiger partial charge in [0.1, 0.15) is 0 Å². The lowest BCUT2D eigenvalue weighted by Gasteiger charge is -2.42. The summed E-state index contributed by atoms with van der Waals surface area (Å²) in [6.45, 7) is 5.41. The smallest absolute Gasteiger partial charge is 0.244 e. The third-order valence-corrected chi connectivity index (χ3v) is 8.41. The van der Waals surface area contributed by atoms with Crippen LogP contribution in [-0.4, -0.2) is 80.9 Å². The zero-order chi connectivity index (χ0) is 17.9. The highest BCUT2D eigenvalue weighted by Gasteiger charge is 2.50. The minimum atomic E-state index is -3.42. The summed E-state index contributed by atoms with van der Waals surface area (Å²) in [6, 6.07) is 0. The number of hydrogen-bond donors (Lipinski definition) is 1. The van der Waals surface area contributed by atoms with Gasteiger partial charge in [0.05, 0.1) is 0 Å². The molecule has 0 atom stereocenters. The van der Waals surface area contributed by atoms with Gasteiger partial charge in [-0.15, -0.1) is 0 Å². The lowest BCUT2D eigenvalue weighted by Crippen LogP contribution is -2.61. The third-order valence-electron chi connectivity index (χ3n) is 6.41. The summed E-state index contributed by atoms with van der Waals surface area (Å²) in [4.78, 5) is 17.4. The monoisotopic (exact) mass is 371 g/mol. The number of nitrogens with one attached hydrogen (secondary N) is 1. The second kappa shape index (κ2) is 7.92. The molecule has 25 heavy (non-hydrogen) atoms. The highest BCUT2D eigenvalue weighted by atomic mass is 32.2. The van der Waals surface area contributed by atoms with Crippen molar-refractivity contribution < 1.29 is 13.2 Å². The Morgan fingerprint density at radius 1 is 1.04 bits per heavy atom. The van der Waals surface area contributed by atoms with Crippen LogP contribution in [0.2, 0.25) is 0 Å². The van der Waals surface area contributed by atoms with Crippen LogP contribution in [0.15, 0.2) is 0 Å². The predicted molar refractivity (Wildman–Crippen MR) is 99.3 cm³/mol. The fourth-order valence-corrected chi connectivity index (χ4v) is 6.12. The van der Waals surface area contributed by atoms with Crippen molar-refractivity contribution in [2.75, 3.05) is 52.1 Å². The van der Waals surface area contributed by atoms with Crippen molar-refractivity contribution in [2.45, 2.75) is 49.7 Å². The van der Waals surface area contributed by atoms with Crippen molar-refractivity contribution in [3.8, 4) is 0 Å². The maximum Gasteiger partial charge on any atom is 0.244 e. The molecular formula is C18H33N3O3S. The summed E-state index contributed by atoms with van der Waals surface area (Å²) in [6.07, 6.45) is 8.78. The Hall–Kier alpha value is -0.660. The Kier molecular flexibility index (Phi) is 6.06. The Labute approximate surface area is 152 Å². The normalized spacial score (nSPS) is 26.5. The number of amides is 1. The summed E-state index contributed by atoms with van der Waals surface area (Å²) in [5.41, 5.74) is 0. The van der Waals surface area contributed by atoms with E-state index in [1.165, 1.54) is 38.4 Å². The maximum absolute atomic E-state index is 13.1. The van der Waals surface area contributed by atoms with Crippen LogP contribution in [0.3, 0.4) is 0 Å². The van der Waals surface area contributed by atoms with E-state index in [1.807, 2.05) is 4.90 Å². The van der Waals surface area contributed by atoms with Crippen LogP contribution < -0.4 is 5.32 Å². The molecule has 0 spiro atoms. The largest absolute Gasteiger partial charge is 0.339 e. The van der Waals surface area contributed by atoms with Gasteiger partial charge in [0.2, 0.25) is 5.91 Å². The van der Waals surface area contributed by atoms with Gasteiger partial charge in [-0.2, -0.15) is 0 Å². The van der Waals surface area contributed by atoms with E-state index in [4.69, 9.17) is 0 Å². The average molecular weight is 372 g/mol. The summed E-state index contributed by atoms with van der Waals surface area (Å²) in [7, 11) is -3.42. The molecule has 2 saturated heterocycles. The molecule has 1 N–H and O–H groups in total. The van der Waals surface area contributed by atoms with Gasteiger partial charge in [0, 0.05) is 39.0 Å². The van der Waals surface area contributed by atoms with Gasteiger partial charge in [-0.25, -0.2) is 8.42 Å². The summed E-state index contributed by atoms with van der Waals surface area (Å²) < 4.78 is 23.7. The highest BCUT2D eigenvalue weighted by Crippen LogP contribution is 2.31. The predicted octanol–water partition coefficient (Wildman–Crippen LogP) is 0.878. The number of rotatable bonds is 4. The second-order valence-corrected chi connectivity index (χ2v) is 10.4. The molecule has 0 aromatic carbocycles. The molecule has 144 valence electrons. The highest BCUT2D eigenvalue weighted by molar-refractivity contribution is 7.92. The van der Waals surface area contributed by atoms with Crippen molar-refractivity contribution in [1.29, 1.82) is 0 Å². The SMILES string of the molecule is CS(=O)(=O)C1(C(=O)N2CCN(CC3CCCCC3)CC2)CCNCC1. The van der Waals surface area contributed by atoms with Crippen molar-refractivity contribution in [3.05, 3.63) is 0 Å². The van der Waals surface area contributed by atoms with E-state index in [1.54, 1.807) is 0 Å². The van der Waals surface area contributed by atoms with Crippen molar-refractivity contribution in [2.24, 2.45) is 5.92 Å². The first-order valence-electron chi connectivity index (χ1n) is 9.84. The number of carbonyl (C=O) groups is 1. The van der Waals surface area contributed by atoms with Crippen LogP contribution in [0.4, 0.5) is 0 Å². The van der Waals surface area contributed by atoms with E-state index >= 15 is 0 Å².